The molecule has 0 radical (unpaired) electrons. The van der Waals surface area contributed by atoms with E-state index < -0.39 is 52.5 Å². The Bertz CT molecular complexity index is 2640. The first-order chi connectivity index (χ1) is 36.0. The topological polar surface area (TPSA) is 225 Å². The molecule has 2 aliphatic carbocycles. The van der Waals surface area contributed by atoms with Crippen LogP contribution in [0.2, 0.25) is 0 Å². The van der Waals surface area contributed by atoms with Gasteiger partial charge in [-0.25, -0.2) is 24.4 Å². The minimum Gasteiger partial charge on any atom is -0.478 e. The molecule has 3 aliphatic heterocycles. The molecule has 19 nitrogen and oxygen atoms in total. The van der Waals surface area contributed by atoms with Gasteiger partial charge in [-0.3, -0.25) is 33.9 Å². The van der Waals surface area contributed by atoms with Crippen LogP contribution in [0.15, 0.2) is 60.0 Å². The number of hydrogen-bond acceptors (Lipinski definition) is 15. The molecule has 73 heavy (non-hydrogen) atoms. The Kier molecular flexibility index (Phi) is 17.1. The summed E-state index contributed by atoms with van der Waals surface area (Å²) >= 11 is 0. The molecule has 2 aromatic heterocycles. The number of carbonyl (C=O) groups is 7. The van der Waals surface area contributed by atoms with Gasteiger partial charge in [0.1, 0.15) is 5.82 Å². The van der Waals surface area contributed by atoms with Gasteiger partial charge in [0.25, 0.3) is 11.8 Å². The fraction of sp³-hybridized carbons (Fsp3) is 0.529. The fourth-order valence-corrected chi connectivity index (χ4v) is 11.7. The van der Waals surface area contributed by atoms with Crippen molar-refractivity contribution in [2.24, 2.45) is 11.0 Å². The molecule has 390 valence electrons. The van der Waals surface area contributed by atoms with E-state index in [-0.39, 0.29) is 74.0 Å². The van der Waals surface area contributed by atoms with Crippen LogP contribution in [0.1, 0.15) is 115 Å². The van der Waals surface area contributed by atoms with Crippen LogP contribution in [0.5, 0.6) is 5.88 Å². The number of fused-ring (bicyclic) bond motifs is 1. The minimum absolute atomic E-state index is 0.0327. The Morgan fingerprint density at radius 2 is 1.73 bits per heavy atom. The van der Waals surface area contributed by atoms with E-state index in [1.54, 1.807) is 63.1 Å². The smallest absolute Gasteiger partial charge is 0.333 e. The molecule has 3 aromatic rings. The van der Waals surface area contributed by atoms with Crippen molar-refractivity contribution in [3.63, 3.8) is 0 Å². The van der Waals surface area contributed by atoms with Crippen LogP contribution in [-0.4, -0.2) is 139 Å². The average Bonchev–Trinajstić information content (AvgIpc) is 3.90. The van der Waals surface area contributed by atoms with E-state index in [0.717, 1.165) is 49.3 Å². The van der Waals surface area contributed by atoms with E-state index in [9.17, 15) is 33.6 Å². The molecule has 3 saturated heterocycles. The van der Waals surface area contributed by atoms with E-state index in [2.05, 4.69) is 36.0 Å². The molecule has 1 saturated carbocycles. The molecule has 2 atom stereocenters. The summed E-state index contributed by atoms with van der Waals surface area (Å²) in [6, 6.07) is 11.2. The van der Waals surface area contributed by atoms with Crippen LogP contribution in [0.4, 0.5) is 14.9 Å². The van der Waals surface area contributed by atoms with Crippen molar-refractivity contribution < 1.29 is 50.3 Å². The van der Waals surface area contributed by atoms with Crippen LogP contribution < -0.4 is 20.8 Å². The van der Waals surface area contributed by atoms with E-state index in [4.69, 9.17) is 12.3 Å². The number of halogens is 1. The zero-order valence-electron chi connectivity index (χ0n) is 43.1. The van der Waals surface area contributed by atoms with Gasteiger partial charge in [-0.2, -0.15) is 5.10 Å². The van der Waals surface area contributed by atoms with Crippen molar-refractivity contribution in [1.29, 1.82) is 0 Å². The summed E-state index contributed by atoms with van der Waals surface area (Å²) in [5, 5.41) is 10.4. The van der Waals surface area contributed by atoms with E-state index >= 15 is 4.39 Å². The van der Waals surface area contributed by atoms with Gasteiger partial charge in [-0.05, 0) is 94.5 Å². The largest absolute Gasteiger partial charge is 0.478 e. The maximum Gasteiger partial charge on any atom is 0.333 e. The number of pyridine rings is 2. The standard InChI is InChI=1S/C51H63FN10O9S2/c1-51(2,30-43(63)58-57-42-8-3-7-41-37(42)12-13-44(56-41)70-26-5-9-48(67)71-62-46(65)14-15-47(62)66)73-72-27-18-45(64)60-24-22-59(23-25-60)36-16-20-61(21-17-36)50(69)54-32-34-10-11-35(28-40(34)52)55-49(68)39-29-38(39)33-6-4-19-53-31-33/h4,6,10-13,19,28,31,36,38-39H,3,5,7-9,14-18,20-27,29-30,32H2,1-2H3,(H,54,69)(H,55,68)(H,58,63)/b57-42+/t38-,39+/m1/s1/i29D2. The number of rotatable bonds is 20. The highest BCUT2D eigenvalue weighted by atomic mass is 33.1. The highest BCUT2D eigenvalue weighted by molar-refractivity contribution is 8.77. The summed E-state index contributed by atoms with van der Waals surface area (Å²) in [7, 11) is 3.14. The summed E-state index contributed by atoms with van der Waals surface area (Å²) in [5.41, 5.74) is 6.18. The van der Waals surface area contributed by atoms with E-state index in [1.807, 2.05) is 24.8 Å². The number of urea groups is 1. The first kappa shape index (κ1) is 50.4. The minimum atomic E-state index is -1.74. The lowest BCUT2D eigenvalue weighted by Crippen LogP contribution is -2.55. The SMILES string of the molecule is [2H]C1([2H])[C@H](C(=O)Nc2ccc(CNC(=O)N3CCC(N4CCN(C(=O)CCSSC(C)(C)CC(=O)N/N=C5\CCCc6nc(OCCCC(=O)ON7C(=O)CCC7=O)ccc65)CC4)CC3)c(F)c2)[C@H]1c1cccnc1. The van der Waals surface area contributed by atoms with Crippen LogP contribution in [0.3, 0.4) is 0 Å². The first-order valence-corrected chi connectivity index (χ1v) is 27.2. The predicted octanol–water partition coefficient (Wildman–Crippen LogP) is 5.74. The summed E-state index contributed by atoms with van der Waals surface area (Å²) in [6.07, 6.45) is 6.08. The van der Waals surface area contributed by atoms with Crippen molar-refractivity contribution in [1.82, 2.24) is 40.5 Å². The second kappa shape index (κ2) is 24.7. The lowest BCUT2D eigenvalue weighted by atomic mass is 9.94. The van der Waals surface area contributed by atoms with E-state index in [1.165, 1.54) is 12.1 Å². The van der Waals surface area contributed by atoms with Gasteiger partial charge >= 0.3 is 12.0 Å². The number of anilines is 1. The highest BCUT2D eigenvalue weighted by Crippen LogP contribution is 2.47. The zero-order chi connectivity index (χ0) is 53.3. The Hall–Kier alpha value is -6.13. The number of nitrogens with one attached hydrogen (secondary N) is 3. The predicted molar refractivity (Wildman–Crippen MR) is 272 cm³/mol. The van der Waals surface area contributed by atoms with E-state index in [0.29, 0.717) is 74.1 Å². The number of amides is 7. The molecule has 0 unspecified atom stereocenters. The fourth-order valence-electron chi connectivity index (χ4n) is 9.22. The van der Waals surface area contributed by atoms with Crippen molar-refractivity contribution in [3.05, 3.63) is 83.1 Å². The number of carbonyl (C=O) groups excluding carboxylic acids is 7. The number of aryl methyl sites for hydroxylation is 1. The third kappa shape index (κ3) is 14.8. The number of hydrazone groups is 1. The molecule has 7 amide bonds. The van der Waals surface area contributed by atoms with Gasteiger partial charge in [-0.15, -0.1) is 5.06 Å². The summed E-state index contributed by atoms with van der Waals surface area (Å²) in [5.74, 6) is -3.55. The molecular weight excluding hydrogens is 980 g/mol. The molecule has 22 heteroatoms. The van der Waals surface area contributed by atoms with Crippen molar-refractivity contribution >= 4 is 74.5 Å². The number of likely N-dealkylation sites (tertiary alicyclic amines) is 1. The summed E-state index contributed by atoms with van der Waals surface area (Å²) < 4.78 is 37.0. The number of aromatic nitrogens is 2. The quantitative estimate of drug-likeness (QED) is 0.0532. The number of ether oxygens (including phenoxy) is 1. The Labute approximate surface area is 434 Å². The molecule has 0 bridgehead atoms. The number of imide groups is 1. The lowest BCUT2D eigenvalue weighted by molar-refractivity contribution is -0.197. The van der Waals surface area contributed by atoms with Gasteiger partial charge in [0, 0.05) is 132 Å². The average molecular weight is 1050 g/mol. The molecule has 4 fully saturated rings. The lowest BCUT2D eigenvalue weighted by Gasteiger charge is -2.42. The van der Waals surface area contributed by atoms with Gasteiger partial charge in [0.05, 0.1) is 24.4 Å². The van der Waals surface area contributed by atoms with Crippen LogP contribution >= 0.6 is 21.6 Å². The molecule has 3 N–H and O–H groups in total. The maximum absolute atomic E-state index is 15.1. The first-order valence-electron chi connectivity index (χ1n) is 25.9. The normalized spacial score (nSPS) is 21.0. The second-order valence-electron chi connectivity index (χ2n) is 19.2. The monoisotopic (exact) mass is 1040 g/mol. The number of nitrogens with zero attached hydrogens (tertiary/aromatic N) is 7. The number of piperidine rings is 1. The maximum atomic E-state index is 15.1. The second-order valence-corrected chi connectivity index (χ2v) is 22.3. The zero-order valence-corrected chi connectivity index (χ0v) is 42.7. The molecule has 1 aromatic carbocycles. The van der Waals surface area contributed by atoms with Gasteiger partial charge < -0.3 is 30.0 Å². The number of hydrogen-bond donors (Lipinski definition) is 3. The van der Waals surface area contributed by atoms with Gasteiger partial charge in [-0.1, -0.05) is 33.7 Å². The third-order valence-electron chi connectivity index (χ3n) is 13.2. The van der Waals surface area contributed by atoms with Crippen LogP contribution in [0.25, 0.3) is 0 Å². The van der Waals surface area contributed by atoms with Crippen molar-refractivity contribution in [2.75, 3.05) is 56.9 Å². The van der Waals surface area contributed by atoms with Gasteiger partial charge in [0.2, 0.25) is 23.6 Å². The number of piperazine rings is 1. The number of hydroxylamine groups is 2. The molecule has 5 aliphatic rings. The highest BCUT2D eigenvalue weighted by Gasteiger charge is 2.44. The summed E-state index contributed by atoms with van der Waals surface area (Å²) in [4.78, 5) is 107. The summed E-state index contributed by atoms with van der Waals surface area (Å²) in [6.45, 7) is 7.98. The van der Waals surface area contributed by atoms with Crippen LogP contribution in [-0.2, 0) is 46.6 Å². The number of benzene rings is 1. The van der Waals surface area contributed by atoms with Crippen molar-refractivity contribution in [2.45, 2.75) is 114 Å². The molecule has 5 heterocycles. The van der Waals surface area contributed by atoms with Gasteiger partial charge in [0.15, 0.2) is 0 Å². The Morgan fingerprint density at radius 3 is 2.47 bits per heavy atom. The molecular formula is C51H63FN10O9S2. The Balaban J connectivity index is 0.670. The molecule has 0 spiro atoms. The van der Waals surface area contributed by atoms with Crippen LogP contribution in [0, 0.1) is 11.7 Å². The molecule has 8 rings (SSSR count). The Morgan fingerprint density at radius 1 is 0.945 bits per heavy atom. The van der Waals surface area contributed by atoms with Crippen molar-refractivity contribution in [3.8, 4) is 5.88 Å². The third-order valence-corrected chi connectivity index (χ3v) is 16.5.